The predicted molar refractivity (Wildman–Crippen MR) is 47.5 cm³/mol. The molecule has 76 valence electrons. The normalized spacial score (nSPS) is 12.7. The molecule has 0 spiro atoms. The van der Waals surface area contributed by atoms with Gasteiger partial charge in [0.2, 0.25) is 0 Å². The van der Waals surface area contributed by atoms with Crippen LogP contribution in [0.3, 0.4) is 0 Å². The molecule has 0 unspecified atom stereocenters. The fraction of sp³-hybridized carbons (Fsp3) is 0.200. The molecule has 0 saturated carbocycles. The average molecular weight is 202 g/mol. The van der Waals surface area contributed by atoms with Gasteiger partial charge in [0.15, 0.2) is 0 Å². The summed E-state index contributed by atoms with van der Waals surface area (Å²) in [6.07, 6.45) is -3.69. The Morgan fingerprint density at radius 1 is 1.21 bits per heavy atom. The van der Waals surface area contributed by atoms with Crippen LogP contribution in [-0.2, 0) is 4.74 Å². The second kappa shape index (κ2) is 4.17. The first-order valence-corrected chi connectivity index (χ1v) is 3.91. The molecule has 0 aliphatic rings. The fourth-order valence-electron chi connectivity index (χ4n) is 1.03. The van der Waals surface area contributed by atoms with Crippen LogP contribution < -0.4 is 0 Å². The summed E-state index contributed by atoms with van der Waals surface area (Å²) in [5.74, 6) is 0. The van der Waals surface area contributed by atoms with Crippen LogP contribution in [0.25, 0.3) is 5.57 Å². The van der Waals surface area contributed by atoms with Crippen molar-refractivity contribution in [2.75, 3.05) is 7.11 Å². The molecule has 0 amide bonds. The number of allylic oxidation sites excluding steroid dienone is 1. The van der Waals surface area contributed by atoms with Gasteiger partial charge in [-0.3, -0.25) is 0 Å². The molecule has 0 radical (unpaired) electrons. The minimum Gasteiger partial charge on any atom is -0.504 e. The molecule has 1 aromatic rings. The number of halogens is 3. The van der Waals surface area contributed by atoms with Crippen LogP contribution in [-0.4, -0.2) is 13.3 Å². The van der Waals surface area contributed by atoms with E-state index >= 15 is 0 Å². The summed E-state index contributed by atoms with van der Waals surface area (Å²) >= 11 is 0. The maximum atomic E-state index is 12.4. The Balaban J connectivity index is 3.09. The summed E-state index contributed by atoms with van der Waals surface area (Å²) in [6.45, 7) is 0. The number of rotatable bonds is 2. The van der Waals surface area contributed by atoms with Gasteiger partial charge in [-0.15, -0.1) is 0 Å². The molecule has 0 aliphatic heterocycles. The van der Waals surface area contributed by atoms with Gasteiger partial charge in [-0.05, 0) is 5.56 Å². The molecule has 0 aliphatic carbocycles. The van der Waals surface area contributed by atoms with Crippen molar-refractivity contribution in [2.45, 2.75) is 6.18 Å². The lowest BCUT2D eigenvalue weighted by molar-refractivity contribution is -0.0701. The molecule has 0 fully saturated rings. The fourth-order valence-corrected chi connectivity index (χ4v) is 1.03. The topological polar surface area (TPSA) is 9.23 Å². The van der Waals surface area contributed by atoms with Crippen LogP contribution in [0.2, 0.25) is 0 Å². The Morgan fingerprint density at radius 2 is 1.79 bits per heavy atom. The molecule has 1 nitrogen and oxygen atoms in total. The van der Waals surface area contributed by atoms with Gasteiger partial charge >= 0.3 is 6.18 Å². The van der Waals surface area contributed by atoms with Crippen molar-refractivity contribution < 1.29 is 17.9 Å². The van der Waals surface area contributed by atoms with Crippen molar-refractivity contribution in [3.8, 4) is 0 Å². The van der Waals surface area contributed by atoms with Gasteiger partial charge in [-0.25, -0.2) is 0 Å². The maximum Gasteiger partial charge on any atom is 0.419 e. The van der Waals surface area contributed by atoms with Gasteiger partial charge in [0.05, 0.1) is 18.9 Å². The van der Waals surface area contributed by atoms with Crippen molar-refractivity contribution in [1.29, 1.82) is 0 Å². The van der Waals surface area contributed by atoms with Gasteiger partial charge in [-0.1, -0.05) is 30.3 Å². The van der Waals surface area contributed by atoms with Crippen LogP contribution in [0, 0.1) is 0 Å². The van der Waals surface area contributed by atoms with E-state index in [2.05, 4.69) is 4.74 Å². The predicted octanol–water partition coefficient (Wildman–Crippen LogP) is 3.24. The molecular weight excluding hydrogens is 193 g/mol. The first kappa shape index (κ1) is 10.6. The lowest BCUT2D eigenvalue weighted by Crippen LogP contribution is -2.10. The maximum absolute atomic E-state index is 12.4. The van der Waals surface area contributed by atoms with Crippen LogP contribution in [0.1, 0.15) is 5.56 Å². The van der Waals surface area contributed by atoms with Gasteiger partial charge in [0.1, 0.15) is 0 Å². The lowest BCUT2D eigenvalue weighted by Gasteiger charge is -2.10. The number of methoxy groups -OCH3 is 1. The van der Waals surface area contributed by atoms with Crippen LogP contribution in [0.5, 0.6) is 0 Å². The van der Waals surface area contributed by atoms with Crippen LogP contribution in [0.4, 0.5) is 13.2 Å². The van der Waals surface area contributed by atoms with Crippen molar-refractivity contribution in [2.24, 2.45) is 0 Å². The highest BCUT2D eigenvalue weighted by atomic mass is 19.4. The van der Waals surface area contributed by atoms with E-state index in [1.807, 2.05) is 0 Å². The highest BCUT2D eigenvalue weighted by Gasteiger charge is 2.35. The molecule has 0 saturated heterocycles. The summed E-state index contributed by atoms with van der Waals surface area (Å²) in [5, 5.41) is 0. The summed E-state index contributed by atoms with van der Waals surface area (Å²) in [5.41, 5.74) is -0.678. The van der Waals surface area contributed by atoms with Crippen molar-refractivity contribution in [3.63, 3.8) is 0 Å². The third-order valence-electron chi connectivity index (χ3n) is 1.63. The van der Waals surface area contributed by atoms with Gasteiger partial charge in [0.25, 0.3) is 0 Å². The summed E-state index contributed by atoms with van der Waals surface area (Å²) in [7, 11) is 1.19. The van der Waals surface area contributed by atoms with E-state index in [1.165, 1.54) is 19.2 Å². The first-order chi connectivity index (χ1) is 6.55. The molecule has 0 atom stereocenters. The molecular formula is C10H9F3O. The van der Waals surface area contributed by atoms with E-state index in [-0.39, 0.29) is 5.56 Å². The lowest BCUT2D eigenvalue weighted by atomic mass is 10.1. The van der Waals surface area contributed by atoms with E-state index in [4.69, 9.17) is 0 Å². The number of hydrogen-bond donors (Lipinski definition) is 0. The van der Waals surface area contributed by atoms with E-state index in [0.29, 0.717) is 6.26 Å². The Bertz CT molecular complexity index is 314. The largest absolute Gasteiger partial charge is 0.504 e. The zero-order valence-electron chi connectivity index (χ0n) is 7.51. The van der Waals surface area contributed by atoms with Crippen LogP contribution >= 0.6 is 0 Å². The molecule has 0 bridgehead atoms. The minimum atomic E-state index is -4.39. The minimum absolute atomic E-state index is 0.0989. The Morgan fingerprint density at radius 3 is 2.21 bits per heavy atom. The highest BCUT2D eigenvalue weighted by molar-refractivity contribution is 5.68. The number of hydrogen-bond acceptors (Lipinski definition) is 1. The van der Waals surface area contributed by atoms with Gasteiger partial charge < -0.3 is 4.74 Å². The quantitative estimate of drug-likeness (QED) is 0.669. The monoisotopic (exact) mass is 202 g/mol. The van der Waals surface area contributed by atoms with Gasteiger partial charge in [-0.2, -0.15) is 13.2 Å². The van der Waals surface area contributed by atoms with Crippen LogP contribution in [0.15, 0.2) is 36.6 Å². The van der Waals surface area contributed by atoms with E-state index in [1.54, 1.807) is 18.2 Å². The zero-order chi connectivity index (χ0) is 10.6. The summed E-state index contributed by atoms with van der Waals surface area (Å²) < 4.78 is 41.7. The Hall–Kier alpha value is -1.45. The second-order valence-corrected chi connectivity index (χ2v) is 2.63. The molecule has 14 heavy (non-hydrogen) atoms. The molecule has 4 heteroatoms. The van der Waals surface area contributed by atoms with E-state index in [9.17, 15) is 13.2 Å². The average Bonchev–Trinajstić information content (AvgIpc) is 2.14. The third-order valence-corrected chi connectivity index (χ3v) is 1.63. The van der Waals surface area contributed by atoms with E-state index < -0.39 is 11.7 Å². The Kier molecular flexibility index (Phi) is 3.17. The summed E-state index contributed by atoms with van der Waals surface area (Å²) in [6, 6.07) is 7.52. The smallest absolute Gasteiger partial charge is 0.419 e. The molecule has 0 aromatic heterocycles. The Labute approximate surface area is 79.8 Å². The van der Waals surface area contributed by atoms with Crippen molar-refractivity contribution >= 4 is 5.57 Å². The summed E-state index contributed by atoms with van der Waals surface area (Å²) in [4.78, 5) is 0. The first-order valence-electron chi connectivity index (χ1n) is 3.91. The van der Waals surface area contributed by atoms with E-state index in [0.717, 1.165) is 0 Å². The van der Waals surface area contributed by atoms with Crippen molar-refractivity contribution in [3.05, 3.63) is 42.2 Å². The number of ether oxygens (including phenoxy) is 1. The number of alkyl halides is 3. The molecule has 1 rings (SSSR count). The molecule has 1 aromatic carbocycles. The standard InChI is InChI=1S/C10H9F3O/c1-14-7-9(10(11,12)13)8-5-3-2-4-6-8/h2-7H,1H3/b9-7-. The second-order valence-electron chi connectivity index (χ2n) is 2.63. The van der Waals surface area contributed by atoms with Crippen molar-refractivity contribution in [1.82, 2.24) is 0 Å². The van der Waals surface area contributed by atoms with Gasteiger partial charge in [0, 0.05) is 0 Å². The number of benzene rings is 1. The SMILES string of the molecule is CO/C=C(/c1ccccc1)C(F)(F)F. The molecule has 0 N–H and O–H groups in total. The molecule has 0 heterocycles. The third kappa shape index (κ3) is 2.52. The zero-order valence-corrected chi connectivity index (χ0v) is 7.51. The highest BCUT2D eigenvalue weighted by Crippen LogP contribution is 2.33.